The summed E-state index contributed by atoms with van der Waals surface area (Å²) in [6, 6.07) is 0. The summed E-state index contributed by atoms with van der Waals surface area (Å²) < 4.78 is 26.2. The molecule has 0 bridgehead atoms. The van der Waals surface area contributed by atoms with Crippen molar-refractivity contribution in [2.45, 2.75) is 135 Å². The monoisotopic (exact) mass is 774 g/mol. The van der Waals surface area contributed by atoms with Crippen LogP contribution < -0.4 is 0 Å². The Hall–Kier alpha value is -3.37. The van der Waals surface area contributed by atoms with Gasteiger partial charge in [-0.05, 0) is 77.0 Å². The molecule has 0 amide bonds. The van der Waals surface area contributed by atoms with E-state index in [1.807, 2.05) is 49.5 Å². The van der Waals surface area contributed by atoms with Crippen molar-refractivity contribution in [1.82, 2.24) is 0 Å². The maximum atomic E-state index is 12.4. The van der Waals surface area contributed by atoms with E-state index in [0.29, 0.717) is 32.1 Å². The molecule has 304 valence electrons. The summed E-state index contributed by atoms with van der Waals surface area (Å²) in [5.41, 5.74) is 0. The number of phosphoric acid groups is 1. The maximum Gasteiger partial charge on any atom is 0.469 e. The minimum atomic E-state index is -4.82. The molecule has 0 unspecified atom stereocenters. The van der Waals surface area contributed by atoms with Crippen molar-refractivity contribution < 1.29 is 48.2 Å². The van der Waals surface area contributed by atoms with Gasteiger partial charge in [-0.3, -0.25) is 14.1 Å². The molecule has 10 nitrogen and oxygen atoms in total. The molecule has 0 aliphatic heterocycles. The third-order valence-corrected chi connectivity index (χ3v) is 7.94. The number of phosphoric ester groups is 1. The van der Waals surface area contributed by atoms with Gasteiger partial charge in [-0.2, -0.15) is 0 Å². The predicted molar refractivity (Wildman–Crippen MR) is 218 cm³/mol. The van der Waals surface area contributed by atoms with Gasteiger partial charge in [0.15, 0.2) is 6.10 Å². The van der Waals surface area contributed by atoms with E-state index >= 15 is 0 Å². The summed E-state index contributed by atoms with van der Waals surface area (Å²) in [5.74, 6) is -1.13. The van der Waals surface area contributed by atoms with E-state index in [-0.39, 0.29) is 19.4 Å². The molecule has 4 N–H and O–H groups in total. The summed E-state index contributed by atoms with van der Waals surface area (Å²) in [6.07, 6.45) is 44.6. The Kier molecular flexibility index (Phi) is 34.3. The SMILES string of the molecule is CC/C=C\C[C@H](O)/C=C/C=C\C/C=C\C=C\[C@H](O)/C=C\CCCC(=O)O[C@H](COC(=O)CCCC/C=C\C/C=C\C/C=C\CCCCC)COP(=O)(O)O. The molecule has 0 radical (unpaired) electrons. The number of carbonyl (C=O) groups is 2. The van der Waals surface area contributed by atoms with Crippen molar-refractivity contribution in [3.63, 3.8) is 0 Å². The van der Waals surface area contributed by atoms with Crippen molar-refractivity contribution in [2.75, 3.05) is 13.2 Å². The van der Waals surface area contributed by atoms with Gasteiger partial charge < -0.3 is 29.5 Å². The molecule has 11 heteroatoms. The predicted octanol–water partition coefficient (Wildman–Crippen LogP) is 9.56. The fraction of sp³-hybridized carbons (Fsp3) is 0.535. The average molecular weight is 775 g/mol. The minimum absolute atomic E-state index is 0.0103. The van der Waals surface area contributed by atoms with Gasteiger partial charge in [0.1, 0.15) is 6.61 Å². The van der Waals surface area contributed by atoms with E-state index in [9.17, 15) is 24.4 Å². The molecule has 0 spiro atoms. The first-order valence-electron chi connectivity index (χ1n) is 19.4. The molecule has 0 rings (SSSR count). The molecule has 0 aliphatic rings. The van der Waals surface area contributed by atoms with E-state index < -0.39 is 44.7 Å². The molecule has 0 aromatic heterocycles. The van der Waals surface area contributed by atoms with Crippen LogP contribution in [0.2, 0.25) is 0 Å². The lowest BCUT2D eigenvalue weighted by Crippen LogP contribution is -2.29. The lowest BCUT2D eigenvalue weighted by molar-refractivity contribution is -0.161. The largest absolute Gasteiger partial charge is 0.469 e. The number of carbonyl (C=O) groups excluding carboxylic acids is 2. The second kappa shape index (κ2) is 36.6. The Morgan fingerprint density at radius 3 is 1.85 bits per heavy atom. The van der Waals surface area contributed by atoms with Gasteiger partial charge in [0.25, 0.3) is 0 Å². The normalized spacial score (nSPS) is 14.9. The van der Waals surface area contributed by atoms with Gasteiger partial charge in [-0.1, -0.05) is 136 Å². The minimum Gasteiger partial charge on any atom is -0.462 e. The van der Waals surface area contributed by atoms with Crippen molar-refractivity contribution in [3.8, 4) is 0 Å². The molecule has 0 aromatic rings. The van der Waals surface area contributed by atoms with Crippen LogP contribution in [-0.4, -0.2) is 63.5 Å². The maximum absolute atomic E-state index is 12.4. The number of aliphatic hydroxyl groups excluding tert-OH is 2. The number of esters is 2. The zero-order chi connectivity index (χ0) is 40.0. The summed E-state index contributed by atoms with van der Waals surface area (Å²) in [6.45, 7) is 3.24. The quantitative estimate of drug-likeness (QED) is 0.0166. The molecular formula is C43H67O10P. The molecule has 0 aromatic carbocycles. The van der Waals surface area contributed by atoms with Crippen LogP contribution in [0.15, 0.2) is 109 Å². The van der Waals surface area contributed by atoms with E-state index in [1.54, 1.807) is 30.4 Å². The first-order valence-corrected chi connectivity index (χ1v) is 20.9. The molecule has 0 aliphatic carbocycles. The van der Waals surface area contributed by atoms with Gasteiger partial charge in [-0.25, -0.2) is 4.57 Å². The molecular weight excluding hydrogens is 707 g/mol. The number of unbranched alkanes of at least 4 members (excludes halogenated alkanes) is 6. The summed E-state index contributed by atoms with van der Waals surface area (Å²) in [5, 5.41) is 19.9. The third-order valence-electron chi connectivity index (χ3n) is 7.45. The van der Waals surface area contributed by atoms with Crippen molar-refractivity contribution in [3.05, 3.63) is 109 Å². The zero-order valence-electron chi connectivity index (χ0n) is 32.5. The van der Waals surface area contributed by atoms with E-state index in [0.717, 1.165) is 38.5 Å². The first-order chi connectivity index (χ1) is 26.1. The van der Waals surface area contributed by atoms with Crippen LogP contribution in [0.3, 0.4) is 0 Å². The van der Waals surface area contributed by atoms with Crippen LogP contribution in [-0.2, 0) is 28.2 Å². The van der Waals surface area contributed by atoms with Gasteiger partial charge in [0, 0.05) is 12.8 Å². The smallest absolute Gasteiger partial charge is 0.462 e. The first kappa shape index (κ1) is 50.6. The third kappa shape index (κ3) is 38.4. The highest BCUT2D eigenvalue weighted by Gasteiger charge is 2.22. The standard InChI is InChI=1S/C43H67O10P/c1-3-5-7-8-9-10-11-12-13-14-15-16-20-23-29-35-42(46)51-37-41(38-52-54(48,49)50)53-43(47)36-30-24-28-34-40(45)33-27-22-19-17-18-21-26-32-39(44)31-25-6-4-2/h6,9-10,12-13,15-16,18-19,21-22,25-28,32-34,39-41,44-45H,3-5,7-8,11,14,17,20,23-24,29-31,35-38H2,1-2H3,(H2,48,49,50)/b10-9-,13-12-,16-15-,21-18-,22-19-,25-6-,32-26+,33-27+,34-28-/t39-,40-,41+/m0/s1. The molecule has 54 heavy (non-hydrogen) atoms. The van der Waals surface area contributed by atoms with Gasteiger partial charge in [0.05, 0.1) is 18.8 Å². The number of hydrogen-bond acceptors (Lipinski definition) is 8. The Morgan fingerprint density at radius 2 is 1.20 bits per heavy atom. The lowest BCUT2D eigenvalue weighted by Gasteiger charge is -2.18. The van der Waals surface area contributed by atoms with Gasteiger partial charge >= 0.3 is 19.8 Å². The Morgan fingerprint density at radius 1 is 0.611 bits per heavy atom. The number of allylic oxidation sites excluding steroid dienone is 14. The van der Waals surface area contributed by atoms with Crippen LogP contribution in [0.1, 0.15) is 117 Å². The van der Waals surface area contributed by atoms with E-state index in [2.05, 4.69) is 47.9 Å². The van der Waals surface area contributed by atoms with Crippen molar-refractivity contribution >= 4 is 19.8 Å². The Bertz CT molecular complexity index is 1270. The topological polar surface area (TPSA) is 160 Å². The van der Waals surface area contributed by atoms with Crippen LogP contribution in [0, 0.1) is 0 Å². The van der Waals surface area contributed by atoms with Crippen LogP contribution >= 0.6 is 7.82 Å². The number of rotatable bonds is 33. The summed E-state index contributed by atoms with van der Waals surface area (Å²) in [4.78, 5) is 42.7. The molecule has 0 fully saturated rings. The fourth-order valence-corrected chi connectivity index (χ4v) is 4.89. The summed E-state index contributed by atoms with van der Waals surface area (Å²) in [7, 11) is -4.82. The molecule has 0 saturated heterocycles. The highest BCUT2D eigenvalue weighted by molar-refractivity contribution is 7.46. The van der Waals surface area contributed by atoms with Crippen LogP contribution in [0.5, 0.6) is 0 Å². The van der Waals surface area contributed by atoms with Crippen molar-refractivity contribution in [2.24, 2.45) is 0 Å². The van der Waals surface area contributed by atoms with Crippen molar-refractivity contribution in [1.29, 1.82) is 0 Å². The molecule has 3 atom stereocenters. The van der Waals surface area contributed by atoms with Crippen LogP contribution in [0.4, 0.5) is 0 Å². The van der Waals surface area contributed by atoms with E-state index in [4.69, 9.17) is 19.3 Å². The average Bonchev–Trinajstić information content (AvgIpc) is 3.13. The Labute approximate surface area is 324 Å². The highest BCUT2D eigenvalue weighted by Crippen LogP contribution is 2.35. The second-order valence-electron chi connectivity index (χ2n) is 12.6. The number of hydrogen-bond donors (Lipinski definition) is 4. The lowest BCUT2D eigenvalue weighted by atomic mass is 10.1. The fourth-order valence-electron chi connectivity index (χ4n) is 4.53. The number of aliphatic hydroxyl groups is 2. The second-order valence-corrected chi connectivity index (χ2v) is 13.8. The van der Waals surface area contributed by atoms with Crippen LogP contribution in [0.25, 0.3) is 0 Å². The van der Waals surface area contributed by atoms with Gasteiger partial charge in [-0.15, -0.1) is 0 Å². The van der Waals surface area contributed by atoms with Gasteiger partial charge in [0.2, 0.25) is 0 Å². The summed E-state index contributed by atoms with van der Waals surface area (Å²) >= 11 is 0. The molecule has 0 heterocycles. The van der Waals surface area contributed by atoms with E-state index in [1.165, 1.54) is 19.3 Å². The molecule has 0 saturated carbocycles. The number of ether oxygens (including phenoxy) is 2. The zero-order valence-corrected chi connectivity index (χ0v) is 33.4. The Balaban J connectivity index is 4.33. The highest BCUT2D eigenvalue weighted by atomic mass is 31.2.